The van der Waals surface area contributed by atoms with E-state index in [4.69, 9.17) is 0 Å². The van der Waals surface area contributed by atoms with Gasteiger partial charge in [-0.05, 0) is 43.4 Å². The summed E-state index contributed by atoms with van der Waals surface area (Å²) in [6.45, 7) is 6.55. The molecular weight excluding hydrogens is 316 g/mol. The molecule has 140 valence electrons. The monoisotopic (exact) mass is 348 g/mol. The van der Waals surface area contributed by atoms with Crippen LogP contribution in [0.3, 0.4) is 0 Å². The molecule has 1 aliphatic heterocycles. The first kappa shape index (κ1) is 18.4. The minimum Gasteiger partial charge on any atom is -0.352 e. The van der Waals surface area contributed by atoms with E-state index in [9.17, 15) is 14.4 Å². The van der Waals surface area contributed by atoms with E-state index in [1.54, 1.807) is 0 Å². The summed E-state index contributed by atoms with van der Waals surface area (Å²) >= 11 is 0. The second-order valence-electron chi connectivity index (χ2n) is 8.76. The van der Waals surface area contributed by atoms with Crippen molar-refractivity contribution in [1.29, 1.82) is 0 Å². The standard InChI is InChI=1S/C20H32N2O3/c1-12(2)14-9-8-13(3)10-17(14)21-18(23)11-22-19(24)15-6-4-5-7-16(15)20(22)25/h12-17H,4-11H2,1-3H3,(H,21,23)/t13-,14-,15-,16-,17-/m1/s1. The largest absolute Gasteiger partial charge is 0.352 e. The zero-order valence-corrected chi connectivity index (χ0v) is 15.8. The van der Waals surface area contributed by atoms with Crippen LogP contribution in [0.2, 0.25) is 0 Å². The Bertz CT molecular complexity index is 521. The number of carbonyl (C=O) groups excluding carboxylic acids is 3. The topological polar surface area (TPSA) is 66.5 Å². The molecule has 2 aliphatic carbocycles. The lowest BCUT2D eigenvalue weighted by Crippen LogP contribution is -2.49. The lowest BCUT2D eigenvalue weighted by molar-refractivity contribution is -0.144. The highest BCUT2D eigenvalue weighted by Crippen LogP contribution is 2.38. The summed E-state index contributed by atoms with van der Waals surface area (Å²) in [6, 6.07) is 0.159. The fraction of sp³-hybridized carbons (Fsp3) is 0.850. The Kier molecular flexibility index (Phi) is 5.49. The molecule has 0 aromatic carbocycles. The van der Waals surface area contributed by atoms with Crippen molar-refractivity contribution < 1.29 is 14.4 Å². The number of likely N-dealkylation sites (tertiary alicyclic amines) is 1. The van der Waals surface area contributed by atoms with E-state index < -0.39 is 0 Å². The maximum atomic E-state index is 12.6. The van der Waals surface area contributed by atoms with Gasteiger partial charge in [0.2, 0.25) is 17.7 Å². The SMILES string of the molecule is CC(C)[C@H]1CC[C@@H](C)C[C@H]1NC(=O)CN1C(=O)[C@@H]2CCCC[C@H]2C1=O. The Labute approximate surface area is 150 Å². The average Bonchev–Trinajstić information content (AvgIpc) is 2.80. The van der Waals surface area contributed by atoms with Crippen molar-refractivity contribution in [1.82, 2.24) is 10.2 Å². The summed E-state index contributed by atoms with van der Waals surface area (Å²) in [5, 5.41) is 3.14. The van der Waals surface area contributed by atoms with Crippen LogP contribution >= 0.6 is 0 Å². The number of hydrogen-bond donors (Lipinski definition) is 1. The van der Waals surface area contributed by atoms with Crippen LogP contribution in [0.1, 0.15) is 65.7 Å². The van der Waals surface area contributed by atoms with Gasteiger partial charge in [-0.15, -0.1) is 0 Å². The summed E-state index contributed by atoms with van der Waals surface area (Å²) in [4.78, 5) is 38.9. The van der Waals surface area contributed by atoms with Crippen molar-refractivity contribution in [3.05, 3.63) is 0 Å². The van der Waals surface area contributed by atoms with Crippen LogP contribution in [0.25, 0.3) is 0 Å². The summed E-state index contributed by atoms with van der Waals surface area (Å²) in [6.07, 6.45) is 6.94. The molecule has 0 aromatic heterocycles. The molecule has 1 N–H and O–H groups in total. The molecule has 0 unspecified atom stereocenters. The molecule has 5 heteroatoms. The molecule has 3 aliphatic rings. The van der Waals surface area contributed by atoms with Gasteiger partial charge in [0.05, 0.1) is 11.8 Å². The highest BCUT2D eigenvalue weighted by atomic mass is 16.2. The molecule has 5 atom stereocenters. The van der Waals surface area contributed by atoms with Crippen LogP contribution < -0.4 is 5.32 Å². The van der Waals surface area contributed by atoms with Crippen LogP contribution in [-0.2, 0) is 14.4 Å². The van der Waals surface area contributed by atoms with Gasteiger partial charge in [0.25, 0.3) is 0 Å². The number of hydrogen-bond acceptors (Lipinski definition) is 3. The Morgan fingerprint density at radius 1 is 1.08 bits per heavy atom. The second-order valence-corrected chi connectivity index (χ2v) is 8.76. The molecule has 5 nitrogen and oxygen atoms in total. The number of amides is 3. The van der Waals surface area contributed by atoms with Gasteiger partial charge < -0.3 is 5.32 Å². The highest BCUT2D eigenvalue weighted by Gasteiger charge is 2.48. The first-order valence-electron chi connectivity index (χ1n) is 10.0. The first-order chi connectivity index (χ1) is 11.9. The van der Waals surface area contributed by atoms with Gasteiger partial charge in [-0.1, -0.05) is 40.0 Å². The van der Waals surface area contributed by atoms with E-state index in [1.807, 2.05) is 0 Å². The van der Waals surface area contributed by atoms with Crippen molar-refractivity contribution in [3.8, 4) is 0 Å². The van der Waals surface area contributed by atoms with Gasteiger partial charge in [-0.3, -0.25) is 19.3 Å². The number of fused-ring (bicyclic) bond motifs is 1. The molecule has 0 bridgehead atoms. The highest BCUT2D eigenvalue weighted by molar-refractivity contribution is 6.07. The summed E-state index contributed by atoms with van der Waals surface area (Å²) in [5.41, 5.74) is 0. The van der Waals surface area contributed by atoms with Gasteiger partial charge in [-0.25, -0.2) is 0 Å². The van der Waals surface area contributed by atoms with Crippen molar-refractivity contribution >= 4 is 17.7 Å². The smallest absolute Gasteiger partial charge is 0.240 e. The third kappa shape index (κ3) is 3.75. The van der Waals surface area contributed by atoms with E-state index in [-0.39, 0.29) is 42.1 Å². The van der Waals surface area contributed by atoms with E-state index in [0.717, 1.165) is 38.5 Å². The van der Waals surface area contributed by atoms with E-state index in [2.05, 4.69) is 26.1 Å². The molecule has 2 saturated carbocycles. The van der Waals surface area contributed by atoms with Crippen LogP contribution in [0, 0.1) is 29.6 Å². The molecule has 1 heterocycles. The van der Waals surface area contributed by atoms with Gasteiger partial charge in [-0.2, -0.15) is 0 Å². The van der Waals surface area contributed by atoms with E-state index in [0.29, 0.717) is 17.8 Å². The maximum Gasteiger partial charge on any atom is 0.240 e. The Balaban J connectivity index is 1.61. The quantitative estimate of drug-likeness (QED) is 0.795. The lowest BCUT2D eigenvalue weighted by atomic mass is 9.74. The van der Waals surface area contributed by atoms with Crippen molar-refractivity contribution in [3.63, 3.8) is 0 Å². The molecule has 3 amide bonds. The number of rotatable bonds is 4. The molecule has 25 heavy (non-hydrogen) atoms. The predicted molar refractivity (Wildman–Crippen MR) is 95.4 cm³/mol. The fourth-order valence-corrected chi connectivity index (χ4v) is 5.15. The molecule has 0 aromatic rings. The maximum absolute atomic E-state index is 12.6. The molecule has 3 rings (SSSR count). The third-order valence-corrected chi connectivity index (χ3v) is 6.60. The van der Waals surface area contributed by atoms with Gasteiger partial charge >= 0.3 is 0 Å². The average molecular weight is 348 g/mol. The Hall–Kier alpha value is -1.39. The summed E-state index contributed by atoms with van der Waals surface area (Å²) in [7, 11) is 0. The molecule has 1 saturated heterocycles. The van der Waals surface area contributed by atoms with Crippen LogP contribution in [-0.4, -0.2) is 35.2 Å². The molecule has 0 spiro atoms. The predicted octanol–water partition coefficient (Wildman–Crippen LogP) is 2.74. The molecule has 3 fully saturated rings. The minimum atomic E-state index is -0.176. The third-order valence-electron chi connectivity index (χ3n) is 6.60. The Morgan fingerprint density at radius 2 is 1.68 bits per heavy atom. The van der Waals surface area contributed by atoms with E-state index in [1.165, 1.54) is 11.3 Å². The minimum absolute atomic E-state index is 0.0969. The van der Waals surface area contributed by atoms with Crippen LogP contribution in [0.5, 0.6) is 0 Å². The number of nitrogens with zero attached hydrogens (tertiary/aromatic N) is 1. The summed E-state index contributed by atoms with van der Waals surface area (Å²) in [5.74, 6) is 0.843. The van der Waals surface area contributed by atoms with Crippen LogP contribution in [0.4, 0.5) is 0 Å². The number of nitrogens with one attached hydrogen (secondary N) is 1. The lowest BCUT2D eigenvalue weighted by Gasteiger charge is -2.38. The van der Waals surface area contributed by atoms with Gasteiger partial charge in [0, 0.05) is 6.04 Å². The first-order valence-corrected chi connectivity index (χ1v) is 10.0. The van der Waals surface area contributed by atoms with Crippen molar-refractivity contribution in [2.45, 2.75) is 71.8 Å². The number of carbonyl (C=O) groups is 3. The van der Waals surface area contributed by atoms with Crippen LogP contribution in [0.15, 0.2) is 0 Å². The van der Waals surface area contributed by atoms with E-state index >= 15 is 0 Å². The zero-order valence-electron chi connectivity index (χ0n) is 15.8. The zero-order chi connectivity index (χ0) is 18.1. The van der Waals surface area contributed by atoms with Crippen molar-refractivity contribution in [2.24, 2.45) is 29.6 Å². The normalized spacial score (nSPS) is 35.8. The summed E-state index contributed by atoms with van der Waals surface area (Å²) < 4.78 is 0. The van der Waals surface area contributed by atoms with Crippen molar-refractivity contribution in [2.75, 3.05) is 6.54 Å². The molecule has 0 radical (unpaired) electrons. The van der Waals surface area contributed by atoms with Gasteiger partial charge in [0.15, 0.2) is 0 Å². The Morgan fingerprint density at radius 3 is 2.24 bits per heavy atom. The molecular formula is C20H32N2O3. The van der Waals surface area contributed by atoms with Gasteiger partial charge in [0.1, 0.15) is 6.54 Å². The fourth-order valence-electron chi connectivity index (χ4n) is 5.15. The second kappa shape index (κ2) is 7.46. The number of imide groups is 1.